The molecule has 2 aromatic heterocycles. The van der Waals surface area contributed by atoms with Crippen LogP contribution in [-0.4, -0.2) is 47.1 Å². The predicted molar refractivity (Wildman–Crippen MR) is 113 cm³/mol. The van der Waals surface area contributed by atoms with E-state index in [1.807, 2.05) is 23.3 Å². The Bertz CT molecular complexity index is 998. The molecular formula is C22H24N4O2S. The fourth-order valence-electron chi connectivity index (χ4n) is 3.90. The second kappa shape index (κ2) is 7.63. The Morgan fingerprint density at radius 2 is 1.86 bits per heavy atom. The van der Waals surface area contributed by atoms with E-state index in [-0.39, 0.29) is 5.91 Å². The van der Waals surface area contributed by atoms with E-state index in [2.05, 4.69) is 39.3 Å². The predicted octanol–water partition coefficient (Wildman–Crippen LogP) is 4.34. The average Bonchev–Trinajstić information content (AvgIpc) is 3.36. The van der Waals surface area contributed by atoms with Gasteiger partial charge in [0.05, 0.1) is 4.88 Å². The van der Waals surface area contributed by atoms with Crippen LogP contribution in [0.25, 0.3) is 11.4 Å². The summed E-state index contributed by atoms with van der Waals surface area (Å²) in [7, 11) is 0. The second-order valence-electron chi connectivity index (χ2n) is 7.84. The number of amides is 1. The van der Waals surface area contributed by atoms with Crippen molar-refractivity contribution in [2.24, 2.45) is 0 Å². The summed E-state index contributed by atoms with van der Waals surface area (Å²) in [4.78, 5) is 22.4. The van der Waals surface area contributed by atoms with Gasteiger partial charge >= 0.3 is 0 Å². The van der Waals surface area contributed by atoms with Crippen LogP contribution in [0.4, 0.5) is 5.69 Å². The Morgan fingerprint density at radius 3 is 2.48 bits per heavy atom. The van der Waals surface area contributed by atoms with Gasteiger partial charge in [0.1, 0.15) is 0 Å². The van der Waals surface area contributed by atoms with Gasteiger partial charge in [-0.2, -0.15) is 4.98 Å². The number of rotatable bonds is 4. The number of piperazine rings is 1. The van der Waals surface area contributed by atoms with E-state index >= 15 is 0 Å². The van der Waals surface area contributed by atoms with Crippen molar-refractivity contribution >= 4 is 22.9 Å². The zero-order valence-corrected chi connectivity index (χ0v) is 17.3. The van der Waals surface area contributed by atoms with Crippen molar-refractivity contribution in [2.45, 2.75) is 32.1 Å². The van der Waals surface area contributed by atoms with Crippen LogP contribution in [0.15, 0.2) is 40.2 Å². The van der Waals surface area contributed by atoms with Gasteiger partial charge in [-0.3, -0.25) is 4.79 Å². The number of anilines is 1. The van der Waals surface area contributed by atoms with Gasteiger partial charge in [0.15, 0.2) is 0 Å². The summed E-state index contributed by atoms with van der Waals surface area (Å²) in [5, 5.41) is 6.13. The summed E-state index contributed by atoms with van der Waals surface area (Å²) < 4.78 is 5.43. The van der Waals surface area contributed by atoms with Crippen molar-refractivity contribution in [3.8, 4) is 11.4 Å². The highest BCUT2D eigenvalue weighted by Gasteiger charge is 2.26. The first-order valence-electron chi connectivity index (χ1n) is 10.2. The number of benzene rings is 1. The minimum absolute atomic E-state index is 0.159. The van der Waals surface area contributed by atoms with Crippen LogP contribution in [-0.2, 0) is 0 Å². The minimum atomic E-state index is 0.159. The Hall–Kier alpha value is -2.67. The average molecular weight is 409 g/mol. The summed E-state index contributed by atoms with van der Waals surface area (Å²) in [6.45, 7) is 5.16. The van der Waals surface area contributed by atoms with Crippen molar-refractivity contribution in [3.05, 3.63) is 52.0 Å². The lowest BCUT2D eigenvalue weighted by molar-refractivity contribution is 0.0751. The highest BCUT2D eigenvalue weighted by molar-refractivity contribution is 7.12. The summed E-state index contributed by atoms with van der Waals surface area (Å²) in [5.74, 6) is 2.05. The number of thiophene rings is 1. The fraction of sp³-hybridized carbons (Fsp3) is 0.409. The molecule has 2 fully saturated rings. The molecule has 29 heavy (non-hydrogen) atoms. The topological polar surface area (TPSA) is 62.5 Å². The molecule has 3 heterocycles. The first-order chi connectivity index (χ1) is 14.2. The number of nitrogens with zero attached hydrogens (tertiary/aromatic N) is 4. The second-order valence-corrected chi connectivity index (χ2v) is 8.76. The summed E-state index contributed by atoms with van der Waals surface area (Å²) in [6, 6.07) is 10.3. The molecular weight excluding hydrogens is 384 g/mol. The lowest BCUT2D eigenvalue weighted by Gasteiger charge is -2.36. The molecule has 1 amide bonds. The fourth-order valence-corrected chi connectivity index (χ4v) is 4.79. The summed E-state index contributed by atoms with van der Waals surface area (Å²) >= 11 is 1.53. The van der Waals surface area contributed by atoms with Crippen LogP contribution in [0, 0.1) is 6.92 Å². The normalized spacial score (nSPS) is 17.4. The monoisotopic (exact) mass is 408 g/mol. The molecule has 0 N–H and O–H groups in total. The summed E-state index contributed by atoms with van der Waals surface area (Å²) in [6.07, 6.45) is 3.56. The van der Waals surface area contributed by atoms with E-state index < -0.39 is 0 Å². The number of hydrogen-bond acceptors (Lipinski definition) is 6. The highest BCUT2D eigenvalue weighted by atomic mass is 32.1. The molecule has 150 valence electrons. The van der Waals surface area contributed by atoms with Crippen LogP contribution in [0.1, 0.15) is 46.3 Å². The molecule has 0 unspecified atom stereocenters. The van der Waals surface area contributed by atoms with Crippen molar-refractivity contribution < 1.29 is 9.32 Å². The molecule has 0 atom stereocenters. The van der Waals surface area contributed by atoms with Crippen LogP contribution >= 0.6 is 11.3 Å². The number of aromatic nitrogens is 2. The van der Waals surface area contributed by atoms with E-state index in [1.54, 1.807) is 0 Å². The number of carbonyl (C=O) groups excluding carboxylic acids is 1. The van der Waals surface area contributed by atoms with Crippen LogP contribution < -0.4 is 4.90 Å². The lowest BCUT2D eigenvalue weighted by Crippen LogP contribution is -2.48. The minimum Gasteiger partial charge on any atom is -0.368 e. The van der Waals surface area contributed by atoms with Gasteiger partial charge in [-0.05, 0) is 61.0 Å². The van der Waals surface area contributed by atoms with E-state index in [9.17, 15) is 4.79 Å². The molecule has 6 nitrogen and oxygen atoms in total. The number of aryl methyl sites for hydroxylation is 1. The van der Waals surface area contributed by atoms with Gasteiger partial charge in [-0.1, -0.05) is 11.6 Å². The quantitative estimate of drug-likeness (QED) is 0.643. The molecule has 1 saturated carbocycles. The van der Waals surface area contributed by atoms with Crippen molar-refractivity contribution in [2.75, 3.05) is 31.1 Å². The molecule has 0 radical (unpaired) electrons. The Morgan fingerprint density at radius 1 is 1.10 bits per heavy atom. The molecule has 1 aliphatic carbocycles. The van der Waals surface area contributed by atoms with Crippen molar-refractivity contribution in [1.82, 2.24) is 15.0 Å². The van der Waals surface area contributed by atoms with Crippen molar-refractivity contribution in [3.63, 3.8) is 0 Å². The highest BCUT2D eigenvalue weighted by Crippen LogP contribution is 2.36. The third-order valence-corrected chi connectivity index (χ3v) is 7.01. The first kappa shape index (κ1) is 18.4. The zero-order chi connectivity index (χ0) is 19.8. The van der Waals surface area contributed by atoms with Gasteiger partial charge in [-0.25, -0.2) is 0 Å². The maximum Gasteiger partial charge on any atom is 0.264 e. The maximum absolute atomic E-state index is 12.7. The largest absolute Gasteiger partial charge is 0.368 e. The van der Waals surface area contributed by atoms with Crippen LogP contribution in [0.3, 0.4) is 0 Å². The third-order valence-electron chi connectivity index (χ3n) is 6.01. The van der Waals surface area contributed by atoms with Gasteiger partial charge < -0.3 is 14.3 Å². The van der Waals surface area contributed by atoms with E-state index in [4.69, 9.17) is 4.52 Å². The maximum atomic E-state index is 12.7. The van der Waals surface area contributed by atoms with Crippen molar-refractivity contribution in [1.29, 1.82) is 0 Å². The van der Waals surface area contributed by atoms with Gasteiger partial charge in [-0.15, -0.1) is 11.3 Å². The number of hydrogen-bond donors (Lipinski definition) is 0. The smallest absolute Gasteiger partial charge is 0.264 e. The first-order valence-corrected chi connectivity index (χ1v) is 11.1. The third kappa shape index (κ3) is 3.55. The Labute approximate surface area is 174 Å². The van der Waals surface area contributed by atoms with Crippen LogP contribution in [0.5, 0.6) is 0 Å². The van der Waals surface area contributed by atoms with Gasteiger partial charge in [0, 0.05) is 43.3 Å². The zero-order valence-electron chi connectivity index (χ0n) is 16.5. The lowest BCUT2D eigenvalue weighted by atomic mass is 9.85. The molecule has 7 heteroatoms. The molecule has 1 aromatic carbocycles. The SMILES string of the molecule is Cc1ccsc1C(=O)N1CCN(c2ccc(-c3noc(C4CCC4)n3)cc2)CC1. The molecule has 5 rings (SSSR count). The summed E-state index contributed by atoms with van der Waals surface area (Å²) in [5.41, 5.74) is 3.21. The molecule has 3 aromatic rings. The molecule has 1 aliphatic heterocycles. The molecule has 1 saturated heterocycles. The van der Waals surface area contributed by atoms with Crippen LogP contribution in [0.2, 0.25) is 0 Å². The Kier molecular flexibility index (Phi) is 4.83. The van der Waals surface area contributed by atoms with Gasteiger partial charge in [0.2, 0.25) is 11.7 Å². The van der Waals surface area contributed by atoms with E-state index in [0.717, 1.165) is 66.6 Å². The van der Waals surface area contributed by atoms with E-state index in [0.29, 0.717) is 11.7 Å². The molecule has 0 bridgehead atoms. The van der Waals surface area contributed by atoms with Gasteiger partial charge in [0.25, 0.3) is 5.91 Å². The standard InChI is InChI=1S/C22H24N4O2S/c1-15-9-14-29-19(15)22(27)26-12-10-25(11-13-26)18-7-5-16(6-8-18)20-23-21(28-24-20)17-3-2-4-17/h5-9,14,17H,2-4,10-13H2,1H3. The molecule has 2 aliphatic rings. The molecule has 0 spiro atoms. The van der Waals surface area contributed by atoms with E-state index in [1.165, 1.54) is 17.8 Å². The Balaban J connectivity index is 1.22. The number of carbonyl (C=O) groups is 1.